The normalized spacial score (nSPS) is 23.1. The molecule has 0 bridgehead atoms. The maximum atomic E-state index is 5.98. The van der Waals surface area contributed by atoms with Gasteiger partial charge in [-0.15, -0.1) is 12.4 Å². The van der Waals surface area contributed by atoms with Gasteiger partial charge in [0.2, 0.25) is 0 Å². The van der Waals surface area contributed by atoms with Crippen LogP contribution in [0.2, 0.25) is 5.02 Å². The van der Waals surface area contributed by atoms with Gasteiger partial charge in [-0.25, -0.2) is 4.98 Å². The number of hydrogen-bond acceptors (Lipinski definition) is 3. The summed E-state index contributed by atoms with van der Waals surface area (Å²) in [4.78, 5) is 7.05. The molecule has 0 aromatic carbocycles. The van der Waals surface area contributed by atoms with E-state index in [0.717, 1.165) is 42.5 Å². The molecule has 2 aromatic heterocycles. The van der Waals surface area contributed by atoms with Gasteiger partial charge in [0.05, 0.1) is 10.7 Å². The fourth-order valence-electron chi connectivity index (χ4n) is 2.75. The van der Waals surface area contributed by atoms with Crippen molar-refractivity contribution in [1.82, 2.24) is 14.3 Å². The minimum Gasteiger partial charge on any atom is -0.330 e. The molecule has 1 aliphatic heterocycles. The zero-order valence-corrected chi connectivity index (χ0v) is 13.1. The molecule has 0 spiro atoms. The SMILES string of the molecule is CC1(CN)CCN(Cc2cn3cc(Cl)ccc3n2)C1.Cl. The number of likely N-dealkylation sites (tertiary alicyclic amines) is 1. The Labute approximate surface area is 130 Å². The molecule has 2 N–H and O–H groups in total. The van der Waals surface area contributed by atoms with Crippen LogP contribution in [0.5, 0.6) is 0 Å². The van der Waals surface area contributed by atoms with Crippen LogP contribution in [0.1, 0.15) is 19.0 Å². The maximum absolute atomic E-state index is 5.98. The lowest BCUT2D eigenvalue weighted by molar-refractivity contribution is 0.272. The topological polar surface area (TPSA) is 46.6 Å². The van der Waals surface area contributed by atoms with Crippen molar-refractivity contribution in [3.8, 4) is 0 Å². The van der Waals surface area contributed by atoms with Crippen LogP contribution >= 0.6 is 24.0 Å². The van der Waals surface area contributed by atoms with E-state index in [9.17, 15) is 0 Å². The number of rotatable bonds is 3. The van der Waals surface area contributed by atoms with Crippen molar-refractivity contribution in [1.29, 1.82) is 0 Å². The highest BCUT2D eigenvalue weighted by molar-refractivity contribution is 6.30. The molecule has 1 unspecified atom stereocenters. The number of imidazole rings is 1. The van der Waals surface area contributed by atoms with E-state index in [1.54, 1.807) is 0 Å². The van der Waals surface area contributed by atoms with Crippen molar-refractivity contribution in [2.75, 3.05) is 19.6 Å². The molecule has 0 radical (unpaired) electrons. The van der Waals surface area contributed by atoms with Gasteiger partial charge in [-0.3, -0.25) is 4.90 Å². The van der Waals surface area contributed by atoms with Crippen molar-refractivity contribution in [3.63, 3.8) is 0 Å². The molecule has 0 saturated carbocycles. The summed E-state index contributed by atoms with van der Waals surface area (Å²) >= 11 is 5.98. The highest BCUT2D eigenvalue weighted by Gasteiger charge is 2.32. The first kappa shape index (κ1) is 15.6. The van der Waals surface area contributed by atoms with Gasteiger partial charge >= 0.3 is 0 Å². The van der Waals surface area contributed by atoms with Crippen molar-refractivity contribution in [2.24, 2.45) is 11.1 Å². The van der Waals surface area contributed by atoms with Crippen LogP contribution in [0.15, 0.2) is 24.5 Å². The Morgan fingerprint density at radius 1 is 1.40 bits per heavy atom. The van der Waals surface area contributed by atoms with Crippen molar-refractivity contribution in [2.45, 2.75) is 19.9 Å². The van der Waals surface area contributed by atoms with Gasteiger partial charge in [0.25, 0.3) is 0 Å². The van der Waals surface area contributed by atoms with Crippen LogP contribution in [0.25, 0.3) is 5.65 Å². The van der Waals surface area contributed by atoms with E-state index < -0.39 is 0 Å². The van der Waals surface area contributed by atoms with Crippen LogP contribution in [0, 0.1) is 5.41 Å². The monoisotopic (exact) mass is 314 g/mol. The summed E-state index contributed by atoms with van der Waals surface area (Å²) in [7, 11) is 0. The molecule has 0 amide bonds. The van der Waals surface area contributed by atoms with Crippen molar-refractivity contribution < 1.29 is 0 Å². The summed E-state index contributed by atoms with van der Waals surface area (Å²) < 4.78 is 1.98. The summed E-state index contributed by atoms with van der Waals surface area (Å²) in [5.74, 6) is 0. The third-order valence-electron chi connectivity index (χ3n) is 3.98. The highest BCUT2D eigenvalue weighted by atomic mass is 35.5. The van der Waals surface area contributed by atoms with E-state index in [1.165, 1.54) is 6.42 Å². The molecule has 6 heteroatoms. The summed E-state index contributed by atoms with van der Waals surface area (Å²) in [5, 5.41) is 0.730. The molecule has 3 heterocycles. The first-order chi connectivity index (χ1) is 9.08. The quantitative estimate of drug-likeness (QED) is 0.947. The Bertz CT molecular complexity index is 598. The Kier molecular flexibility index (Phi) is 4.59. The molecule has 0 aliphatic carbocycles. The number of fused-ring (bicyclic) bond motifs is 1. The lowest BCUT2D eigenvalue weighted by Crippen LogP contribution is -2.31. The zero-order chi connectivity index (χ0) is 13.5. The van der Waals surface area contributed by atoms with Gasteiger partial charge < -0.3 is 10.1 Å². The average Bonchev–Trinajstić information content (AvgIpc) is 2.93. The van der Waals surface area contributed by atoms with Crippen LogP contribution in [-0.4, -0.2) is 33.9 Å². The van der Waals surface area contributed by atoms with Gasteiger partial charge in [0.1, 0.15) is 5.65 Å². The number of pyridine rings is 1. The third kappa shape index (κ3) is 3.09. The van der Waals surface area contributed by atoms with Gasteiger partial charge in [-0.2, -0.15) is 0 Å². The van der Waals surface area contributed by atoms with E-state index >= 15 is 0 Å². The van der Waals surface area contributed by atoms with Crippen molar-refractivity contribution >= 4 is 29.7 Å². The Balaban J connectivity index is 0.00000147. The van der Waals surface area contributed by atoms with Crippen LogP contribution in [-0.2, 0) is 6.54 Å². The maximum Gasteiger partial charge on any atom is 0.137 e. The summed E-state index contributed by atoms with van der Waals surface area (Å²) in [6, 6.07) is 3.81. The average molecular weight is 315 g/mol. The molecule has 1 fully saturated rings. The molecule has 1 atom stereocenters. The summed E-state index contributed by atoms with van der Waals surface area (Å²) in [6.07, 6.45) is 5.11. The van der Waals surface area contributed by atoms with Gasteiger partial charge in [-0.1, -0.05) is 18.5 Å². The molecule has 20 heavy (non-hydrogen) atoms. The van der Waals surface area contributed by atoms with Gasteiger partial charge in [0.15, 0.2) is 0 Å². The third-order valence-corrected chi connectivity index (χ3v) is 4.20. The molecule has 1 saturated heterocycles. The van der Waals surface area contributed by atoms with Crippen LogP contribution in [0.4, 0.5) is 0 Å². The second-order valence-electron chi connectivity index (χ2n) is 5.82. The predicted molar refractivity (Wildman–Crippen MR) is 84.5 cm³/mol. The number of nitrogens with two attached hydrogens (primary N) is 1. The number of nitrogens with zero attached hydrogens (tertiary/aromatic N) is 3. The Morgan fingerprint density at radius 2 is 2.20 bits per heavy atom. The molecule has 3 rings (SSSR count). The molecular weight excluding hydrogens is 295 g/mol. The zero-order valence-electron chi connectivity index (χ0n) is 11.6. The number of halogens is 2. The first-order valence-electron chi connectivity index (χ1n) is 6.64. The minimum atomic E-state index is 0. The number of aromatic nitrogens is 2. The second-order valence-corrected chi connectivity index (χ2v) is 6.26. The standard InChI is InChI=1S/C14H19ClN4.ClH/c1-14(9-16)4-5-18(10-14)7-12-8-19-6-11(15)2-3-13(19)17-12;/h2-3,6,8H,4-5,7,9-10,16H2,1H3;1H. The predicted octanol–water partition coefficient (Wildman–Crippen LogP) is 2.58. The van der Waals surface area contributed by atoms with E-state index in [0.29, 0.717) is 0 Å². The fourth-order valence-corrected chi connectivity index (χ4v) is 2.92. The summed E-state index contributed by atoms with van der Waals surface area (Å²) in [6.45, 7) is 6.05. The van der Waals surface area contributed by atoms with E-state index in [2.05, 4.69) is 23.0 Å². The number of hydrogen-bond donors (Lipinski definition) is 1. The fraction of sp³-hybridized carbons (Fsp3) is 0.500. The lowest BCUT2D eigenvalue weighted by Gasteiger charge is -2.22. The molecule has 110 valence electrons. The van der Waals surface area contributed by atoms with E-state index in [-0.39, 0.29) is 17.8 Å². The minimum absolute atomic E-state index is 0. The van der Waals surface area contributed by atoms with Gasteiger partial charge in [0, 0.05) is 25.5 Å². The highest BCUT2D eigenvalue weighted by Crippen LogP contribution is 2.29. The van der Waals surface area contributed by atoms with Crippen molar-refractivity contribution in [3.05, 3.63) is 35.2 Å². The van der Waals surface area contributed by atoms with Gasteiger partial charge in [-0.05, 0) is 37.1 Å². The molecule has 1 aliphatic rings. The Hall–Kier alpha value is -0.810. The van der Waals surface area contributed by atoms with Crippen LogP contribution in [0.3, 0.4) is 0 Å². The molecular formula is C14H20Cl2N4. The Morgan fingerprint density at radius 3 is 2.90 bits per heavy atom. The van der Waals surface area contributed by atoms with E-state index in [1.807, 2.05) is 22.7 Å². The summed E-state index contributed by atoms with van der Waals surface area (Å²) in [5.41, 5.74) is 8.14. The van der Waals surface area contributed by atoms with Crippen LogP contribution < -0.4 is 5.73 Å². The largest absolute Gasteiger partial charge is 0.330 e. The van der Waals surface area contributed by atoms with E-state index in [4.69, 9.17) is 17.3 Å². The molecule has 2 aromatic rings. The second kappa shape index (κ2) is 5.90. The first-order valence-corrected chi connectivity index (χ1v) is 7.01. The lowest BCUT2D eigenvalue weighted by atomic mass is 9.90. The smallest absolute Gasteiger partial charge is 0.137 e. The molecule has 4 nitrogen and oxygen atoms in total.